The first kappa shape index (κ1) is 39.7. The quantitative estimate of drug-likeness (QED) is 0.176. The van der Waals surface area contributed by atoms with Crippen LogP contribution in [0.15, 0.2) is 0 Å². The first-order valence-electron chi connectivity index (χ1n) is 17.6. The van der Waals surface area contributed by atoms with Gasteiger partial charge < -0.3 is 29.2 Å². The smallest absolute Gasteiger partial charge is 0.0701 e. The topological polar surface area (TPSA) is 83.9 Å². The minimum Gasteiger partial charge on any atom is -0.396 e. The van der Waals surface area contributed by atoms with Crippen LogP contribution >= 0.6 is 0 Å². The van der Waals surface area contributed by atoms with Gasteiger partial charge in [0.05, 0.1) is 59.5 Å². The molecule has 8 heteroatoms. The van der Waals surface area contributed by atoms with Crippen LogP contribution in [0.5, 0.6) is 0 Å². The van der Waals surface area contributed by atoms with Gasteiger partial charge in [-0.2, -0.15) is 0 Å². The summed E-state index contributed by atoms with van der Waals surface area (Å²) < 4.78 is 23.2. The molecule has 1 heterocycles. The fraction of sp³-hybridized carbons (Fsp3) is 1.00. The SMILES string of the molecule is CCCCCCCCCCCCCCCCC(C)(CO)CN1CCOCCOCCN(CCO)CCOCCOCC1. The number of nitrogens with zero attached hydrogens (tertiary/aromatic N) is 2. The van der Waals surface area contributed by atoms with Gasteiger partial charge in [0.25, 0.3) is 0 Å². The lowest BCUT2D eigenvalue weighted by Crippen LogP contribution is -2.41. The molecular weight excluding hydrogens is 532 g/mol. The normalized spacial score (nSPS) is 19.7. The number of hydrogen-bond donors (Lipinski definition) is 2. The van der Waals surface area contributed by atoms with E-state index < -0.39 is 0 Å². The predicted molar refractivity (Wildman–Crippen MR) is 173 cm³/mol. The van der Waals surface area contributed by atoms with Crippen LogP contribution in [-0.4, -0.2) is 125 Å². The number of hydrogen-bond acceptors (Lipinski definition) is 8. The zero-order chi connectivity index (χ0) is 30.4. The third-order valence-electron chi connectivity index (χ3n) is 8.49. The Morgan fingerprint density at radius 2 is 0.905 bits per heavy atom. The van der Waals surface area contributed by atoms with E-state index in [0.29, 0.717) is 59.4 Å². The van der Waals surface area contributed by atoms with Crippen molar-refractivity contribution in [2.24, 2.45) is 5.41 Å². The number of unbranched alkanes of at least 4 members (excludes halogenated alkanes) is 13. The van der Waals surface area contributed by atoms with Crippen LogP contribution in [0.25, 0.3) is 0 Å². The molecule has 0 amide bonds. The minimum atomic E-state index is -0.110. The molecule has 1 fully saturated rings. The fourth-order valence-corrected chi connectivity index (χ4v) is 5.66. The third kappa shape index (κ3) is 24.1. The first-order valence-corrected chi connectivity index (χ1v) is 17.6. The van der Waals surface area contributed by atoms with Crippen molar-refractivity contribution >= 4 is 0 Å². The van der Waals surface area contributed by atoms with E-state index in [1.807, 2.05) is 0 Å². The molecule has 1 saturated heterocycles. The van der Waals surface area contributed by atoms with Crippen LogP contribution in [0, 0.1) is 5.41 Å². The summed E-state index contributed by atoms with van der Waals surface area (Å²) in [5, 5.41) is 19.6. The van der Waals surface area contributed by atoms with E-state index in [1.54, 1.807) is 0 Å². The Morgan fingerprint density at radius 3 is 1.29 bits per heavy atom. The van der Waals surface area contributed by atoms with Gasteiger partial charge in [-0.3, -0.25) is 9.80 Å². The summed E-state index contributed by atoms with van der Waals surface area (Å²) in [6.07, 6.45) is 20.2. The maximum absolute atomic E-state index is 10.3. The third-order valence-corrected chi connectivity index (χ3v) is 8.49. The molecule has 0 aromatic carbocycles. The molecule has 1 aliphatic rings. The zero-order valence-corrected chi connectivity index (χ0v) is 27.8. The summed E-state index contributed by atoms with van der Waals surface area (Å²) in [5.41, 5.74) is -0.110. The van der Waals surface area contributed by atoms with Gasteiger partial charge in [-0.05, 0) is 6.42 Å². The molecule has 1 atom stereocenters. The molecule has 252 valence electrons. The molecule has 0 radical (unpaired) electrons. The summed E-state index contributed by atoms with van der Waals surface area (Å²) in [6.45, 7) is 14.3. The van der Waals surface area contributed by atoms with Gasteiger partial charge >= 0.3 is 0 Å². The van der Waals surface area contributed by atoms with Crippen LogP contribution in [0.2, 0.25) is 0 Å². The summed E-state index contributed by atoms with van der Waals surface area (Å²) in [6, 6.07) is 0. The number of aliphatic hydroxyl groups excluding tert-OH is 2. The molecule has 0 bridgehead atoms. The van der Waals surface area contributed by atoms with E-state index in [0.717, 1.165) is 39.1 Å². The van der Waals surface area contributed by atoms with Crippen LogP contribution in [-0.2, 0) is 18.9 Å². The van der Waals surface area contributed by atoms with Gasteiger partial charge in [-0.1, -0.05) is 104 Å². The number of rotatable bonds is 20. The highest BCUT2D eigenvalue weighted by Gasteiger charge is 2.26. The van der Waals surface area contributed by atoms with Crippen molar-refractivity contribution in [2.45, 2.75) is 110 Å². The lowest BCUT2D eigenvalue weighted by Gasteiger charge is -2.34. The number of β-amino-alcohol motifs (C(OH)–C–C–N with tert-alkyl or cyclic N) is 1. The molecular formula is C34H70N2O6. The van der Waals surface area contributed by atoms with Gasteiger partial charge in [0, 0.05) is 51.3 Å². The zero-order valence-electron chi connectivity index (χ0n) is 27.8. The van der Waals surface area contributed by atoms with Gasteiger partial charge in [-0.15, -0.1) is 0 Å². The Morgan fingerprint density at radius 1 is 0.524 bits per heavy atom. The number of aliphatic hydroxyl groups is 2. The fourth-order valence-electron chi connectivity index (χ4n) is 5.66. The maximum Gasteiger partial charge on any atom is 0.0701 e. The highest BCUT2D eigenvalue weighted by Crippen LogP contribution is 2.26. The minimum absolute atomic E-state index is 0.110. The molecule has 42 heavy (non-hydrogen) atoms. The van der Waals surface area contributed by atoms with E-state index in [2.05, 4.69) is 23.6 Å². The van der Waals surface area contributed by atoms with Crippen molar-refractivity contribution in [1.82, 2.24) is 9.80 Å². The largest absolute Gasteiger partial charge is 0.396 e. The molecule has 8 nitrogen and oxygen atoms in total. The van der Waals surface area contributed by atoms with E-state index in [4.69, 9.17) is 18.9 Å². The van der Waals surface area contributed by atoms with Gasteiger partial charge in [0.1, 0.15) is 0 Å². The lowest BCUT2D eigenvalue weighted by atomic mass is 9.84. The molecule has 0 aromatic rings. The Hall–Kier alpha value is -0.320. The summed E-state index contributed by atoms with van der Waals surface area (Å²) in [4.78, 5) is 4.54. The number of ether oxygens (including phenoxy) is 4. The average molecular weight is 603 g/mol. The molecule has 1 unspecified atom stereocenters. The molecule has 0 aliphatic carbocycles. The summed E-state index contributed by atoms with van der Waals surface area (Å²) in [5.74, 6) is 0. The maximum atomic E-state index is 10.3. The average Bonchev–Trinajstić information content (AvgIpc) is 2.99. The van der Waals surface area contributed by atoms with Crippen molar-refractivity contribution in [1.29, 1.82) is 0 Å². The predicted octanol–water partition coefficient (Wildman–Crippen LogP) is 5.53. The molecule has 2 N–H and O–H groups in total. The highest BCUT2D eigenvalue weighted by atomic mass is 16.5. The highest BCUT2D eigenvalue weighted by molar-refractivity contribution is 4.78. The van der Waals surface area contributed by atoms with Gasteiger partial charge in [0.15, 0.2) is 0 Å². The van der Waals surface area contributed by atoms with E-state index in [1.165, 1.54) is 89.9 Å². The Labute approximate surface area is 259 Å². The Balaban J connectivity index is 2.27. The summed E-state index contributed by atoms with van der Waals surface area (Å²) in [7, 11) is 0. The molecule has 0 aromatic heterocycles. The standard InChI is InChI=1S/C34H70N2O6/c1-3-4-5-6-7-8-9-10-11-12-13-14-15-16-17-34(2,33-38)32-36-21-26-41-30-28-39-24-19-35(18-23-37)20-25-40-29-31-42-27-22-36/h37-38H,3-33H2,1-2H3. The summed E-state index contributed by atoms with van der Waals surface area (Å²) >= 11 is 0. The monoisotopic (exact) mass is 603 g/mol. The van der Waals surface area contributed by atoms with Crippen molar-refractivity contribution in [3.8, 4) is 0 Å². The van der Waals surface area contributed by atoms with E-state index in [9.17, 15) is 10.2 Å². The van der Waals surface area contributed by atoms with Gasteiger partial charge in [-0.25, -0.2) is 0 Å². The first-order chi connectivity index (χ1) is 20.6. The molecule has 0 spiro atoms. The van der Waals surface area contributed by atoms with Crippen LogP contribution in [0.4, 0.5) is 0 Å². The molecule has 1 rings (SSSR count). The molecule has 1 aliphatic heterocycles. The second-order valence-corrected chi connectivity index (χ2v) is 12.6. The second-order valence-electron chi connectivity index (χ2n) is 12.6. The van der Waals surface area contributed by atoms with Gasteiger partial charge in [0.2, 0.25) is 0 Å². The lowest BCUT2D eigenvalue weighted by molar-refractivity contribution is -0.00277. The van der Waals surface area contributed by atoms with Crippen molar-refractivity contribution in [3.63, 3.8) is 0 Å². The van der Waals surface area contributed by atoms with Crippen LogP contribution in [0.1, 0.15) is 110 Å². The van der Waals surface area contributed by atoms with Crippen molar-refractivity contribution in [2.75, 3.05) is 105 Å². The van der Waals surface area contributed by atoms with Crippen molar-refractivity contribution in [3.05, 3.63) is 0 Å². The Kier molecular flexibility index (Phi) is 27.8. The van der Waals surface area contributed by atoms with Crippen molar-refractivity contribution < 1.29 is 29.2 Å². The Bertz CT molecular complexity index is 538. The van der Waals surface area contributed by atoms with E-state index >= 15 is 0 Å². The van der Waals surface area contributed by atoms with E-state index in [-0.39, 0.29) is 18.6 Å². The van der Waals surface area contributed by atoms with Crippen LogP contribution in [0.3, 0.4) is 0 Å². The molecule has 0 saturated carbocycles. The second kappa shape index (κ2) is 29.4. The van der Waals surface area contributed by atoms with Crippen LogP contribution < -0.4 is 0 Å².